The normalized spacial score (nSPS) is 19.9. The summed E-state index contributed by atoms with van der Waals surface area (Å²) in [4.78, 5) is 34.2. The number of para-hydroxylation sites is 2. The fourth-order valence-corrected chi connectivity index (χ4v) is 5.36. The van der Waals surface area contributed by atoms with E-state index < -0.39 is 12.1 Å². The number of aromatic nitrogens is 1. The molecule has 2 atom stereocenters. The molecule has 8 nitrogen and oxygen atoms in total. The zero-order valence-corrected chi connectivity index (χ0v) is 19.7. The minimum atomic E-state index is -0.587. The van der Waals surface area contributed by atoms with Gasteiger partial charge in [0.2, 0.25) is 11.8 Å². The van der Waals surface area contributed by atoms with Gasteiger partial charge in [-0.25, -0.2) is 0 Å². The van der Waals surface area contributed by atoms with Crippen LogP contribution in [-0.2, 0) is 20.7 Å². The van der Waals surface area contributed by atoms with Gasteiger partial charge in [-0.2, -0.15) is 0 Å². The minimum Gasteiger partial charge on any atom is -0.493 e. The lowest BCUT2D eigenvalue weighted by atomic mass is 9.85. The highest BCUT2D eigenvalue weighted by molar-refractivity contribution is 5.97. The number of nitrogens with zero attached hydrogens (tertiary/aromatic N) is 2. The van der Waals surface area contributed by atoms with Crippen molar-refractivity contribution in [3.8, 4) is 11.5 Å². The average Bonchev–Trinajstić information content (AvgIpc) is 3.23. The van der Waals surface area contributed by atoms with Gasteiger partial charge in [0, 0.05) is 48.8 Å². The molecule has 1 fully saturated rings. The van der Waals surface area contributed by atoms with Gasteiger partial charge in [-0.15, -0.1) is 0 Å². The van der Waals surface area contributed by atoms with Gasteiger partial charge in [-0.1, -0.05) is 30.3 Å². The third kappa shape index (κ3) is 3.49. The summed E-state index contributed by atoms with van der Waals surface area (Å²) in [6.45, 7) is 1.09. The first-order chi connectivity index (χ1) is 16.6. The molecule has 0 bridgehead atoms. The summed E-state index contributed by atoms with van der Waals surface area (Å²) in [6, 6.07) is 12.6. The lowest BCUT2D eigenvalue weighted by molar-refractivity contribution is -0.158. The largest absolute Gasteiger partial charge is 0.493 e. The number of aromatic amines is 1. The Morgan fingerprint density at radius 2 is 1.85 bits per heavy atom. The van der Waals surface area contributed by atoms with Gasteiger partial charge in [-0.05, 0) is 24.1 Å². The highest BCUT2D eigenvalue weighted by Gasteiger charge is 2.48. The molecule has 1 N–H and O–H groups in total. The zero-order chi connectivity index (χ0) is 23.8. The second-order valence-corrected chi connectivity index (χ2v) is 8.68. The van der Waals surface area contributed by atoms with Crippen LogP contribution in [0.3, 0.4) is 0 Å². The molecule has 5 rings (SSSR count). The number of methoxy groups -OCH3 is 3. The van der Waals surface area contributed by atoms with E-state index in [0.717, 1.165) is 27.7 Å². The summed E-state index contributed by atoms with van der Waals surface area (Å²) < 4.78 is 16.4. The first kappa shape index (κ1) is 22.3. The highest BCUT2D eigenvalue weighted by Crippen LogP contribution is 2.46. The minimum absolute atomic E-state index is 0.0292. The molecule has 34 heavy (non-hydrogen) atoms. The lowest BCUT2D eigenvalue weighted by Crippen LogP contribution is -2.63. The van der Waals surface area contributed by atoms with Crippen molar-refractivity contribution in [3.63, 3.8) is 0 Å². The maximum absolute atomic E-state index is 13.6. The number of benzene rings is 2. The number of hydrogen-bond donors (Lipinski definition) is 1. The Kier molecular flexibility index (Phi) is 5.91. The standard InChI is InChI=1S/C26H29N3O5/c1-32-13-7-12-28-15-22(30)29-20(26(28)31)14-18-16-8-4-5-10-19(16)27-23(18)24(29)17-9-6-11-21(33-2)25(17)34-3/h4-6,8-11,20,24,27H,7,12-15H2,1-3H3/t20-,24?/m0/s1. The van der Waals surface area contributed by atoms with Gasteiger partial charge in [-0.3, -0.25) is 9.59 Å². The van der Waals surface area contributed by atoms with Crippen molar-refractivity contribution in [2.24, 2.45) is 0 Å². The SMILES string of the molecule is COCCCN1CC(=O)N2C(c3cccc(OC)c3OC)c3[nH]c4ccccc4c3C[C@H]2C1=O. The monoisotopic (exact) mass is 463 g/mol. The van der Waals surface area contributed by atoms with E-state index in [1.54, 1.807) is 31.1 Å². The van der Waals surface area contributed by atoms with Gasteiger partial charge in [0.25, 0.3) is 0 Å². The molecular weight excluding hydrogens is 434 g/mol. The van der Waals surface area contributed by atoms with E-state index in [4.69, 9.17) is 14.2 Å². The van der Waals surface area contributed by atoms with Crippen LogP contribution >= 0.6 is 0 Å². The fraction of sp³-hybridized carbons (Fsp3) is 0.385. The van der Waals surface area contributed by atoms with E-state index in [-0.39, 0.29) is 18.4 Å². The zero-order valence-electron chi connectivity index (χ0n) is 19.7. The molecule has 0 aliphatic carbocycles. The van der Waals surface area contributed by atoms with Crippen LogP contribution in [0.4, 0.5) is 0 Å². The quantitative estimate of drug-likeness (QED) is 0.545. The van der Waals surface area contributed by atoms with Crippen LogP contribution in [-0.4, -0.2) is 73.7 Å². The second-order valence-electron chi connectivity index (χ2n) is 8.68. The van der Waals surface area contributed by atoms with Crippen molar-refractivity contribution in [2.75, 3.05) is 41.0 Å². The number of nitrogens with one attached hydrogen (secondary N) is 1. The van der Waals surface area contributed by atoms with Crippen LogP contribution in [0.15, 0.2) is 42.5 Å². The van der Waals surface area contributed by atoms with Crippen molar-refractivity contribution in [1.29, 1.82) is 0 Å². The van der Waals surface area contributed by atoms with E-state index in [0.29, 0.717) is 37.5 Å². The van der Waals surface area contributed by atoms with Crippen LogP contribution in [0.2, 0.25) is 0 Å². The summed E-state index contributed by atoms with van der Waals surface area (Å²) >= 11 is 0. The molecular formula is C26H29N3O5. The Labute approximate surface area is 198 Å². The molecule has 8 heteroatoms. The molecule has 0 saturated carbocycles. The number of piperazine rings is 1. The Morgan fingerprint density at radius 1 is 1.03 bits per heavy atom. The number of carbonyl (C=O) groups is 2. The van der Waals surface area contributed by atoms with Crippen LogP contribution in [0.5, 0.6) is 11.5 Å². The van der Waals surface area contributed by atoms with E-state index in [9.17, 15) is 9.59 Å². The Balaban J connectivity index is 1.67. The van der Waals surface area contributed by atoms with Crippen LogP contribution in [0, 0.1) is 0 Å². The summed E-state index contributed by atoms with van der Waals surface area (Å²) in [5.74, 6) is 1.03. The van der Waals surface area contributed by atoms with Gasteiger partial charge >= 0.3 is 0 Å². The first-order valence-electron chi connectivity index (χ1n) is 11.5. The molecule has 2 aliphatic heterocycles. The van der Waals surface area contributed by atoms with E-state index in [1.165, 1.54) is 0 Å². The molecule has 1 aromatic heterocycles. The molecule has 1 saturated heterocycles. The predicted molar refractivity (Wildman–Crippen MR) is 127 cm³/mol. The van der Waals surface area contributed by atoms with Crippen molar-refractivity contribution in [3.05, 3.63) is 59.3 Å². The molecule has 2 amide bonds. The van der Waals surface area contributed by atoms with Crippen LogP contribution in [0.25, 0.3) is 10.9 Å². The smallest absolute Gasteiger partial charge is 0.246 e. The number of H-pyrrole nitrogens is 1. The highest BCUT2D eigenvalue weighted by atomic mass is 16.5. The fourth-order valence-electron chi connectivity index (χ4n) is 5.36. The number of fused-ring (bicyclic) bond motifs is 4. The molecule has 3 aromatic rings. The van der Waals surface area contributed by atoms with Crippen LogP contribution < -0.4 is 9.47 Å². The molecule has 3 heterocycles. The molecule has 2 aromatic carbocycles. The number of hydrogen-bond acceptors (Lipinski definition) is 5. The van der Waals surface area contributed by atoms with Gasteiger partial charge < -0.3 is 29.0 Å². The average molecular weight is 464 g/mol. The number of rotatable bonds is 7. The number of amides is 2. The van der Waals surface area contributed by atoms with E-state index in [1.807, 2.05) is 36.4 Å². The van der Waals surface area contributed by atoms with Crippen molar-refractivity contribution in [2.45, 2.75) is 24.9 Å². The van der Waals surface area contributed by atoms with Gasteiger partial charge in [0.1, 0.15) is 12.1 Å². The molecule has 0 radical (unpaired) electrons. The molecule has 1 unspecified atom stereocenters. The van der Waals surface area contributed by atoms with Crippen molar-refractivity contribution < 1.29 is 23.8 Å². The first-order valence-corrected chi connectivity index (χ1v) is 11.5. The predicted octanol–water partition coefficient (Wildman–Crippen LogP) is 2.91. The lowest BCUT2D eigenvalue weighted by Gasteiger charge is -2.47. The van der Waals surface area contributed by atoms with Crippen molar-refractivity contribution >= 4 is 22.7 Å². The Bertz CT molecular complexity index is 1240. The number of ether oxygens (including phenoxy) is 3. The van der Waals surface area contributed by atoms with Gasteiger partial charge in [0.05, 0.1) is 20.8 Å². The third-order valence-corrected chi connectivity index (χ3v) is 6.85. The number of carbonyl (C=O) groups excluding carboxylic acids is 2. The molecule has 178 valence electrons. The van der Waals surface area contributed by atoms with Gasteiger partial charge in [0.15, 0.2) is 11.5 Å². The summed E-state index contributed by atoms with van der Waals surface area (Å²) in [7, 11) is 4.82. The van der Waals surface area contributed by atoms with Crippen molar-refractivity contribution in [1.82, 2.24) is 14.8 Å². The Morgan fingerprint density at radius 3 is 2.62 bits per heavy atom. The summed E-state index contributed by atoms with van der Waals surface area (Å²) in [5.41, 5.74) is 3.74. The molecule has 2 aliphatic rings. The van der Waals surface area contributed by atoms with E-state index in [2.05, 4.69) is 11.1 Å². The van der Waals surface area contributed by atoms with Crippen LogP contribution in [0.1, 0.15) is 29.3 Å². The summed E-state index contributed by atoms with van der Waals surface area (Å²) in [6.07, 6.45) is 1.15. The third-order valence-electron chi connectivity index (χ3n) is 6.85. The van der Waals surface area contributed by atoms with E-state index >= 15 is 0 Å². The second kappa shape index (κ2) is 9.02. The topological polar surface area (TPSA) is 84.1 Å². The molecule has 0 spiro atoms. The maximum atomic E-state index is 13.6. The maximum Gasteiger partial charge on any atom is 0.246 e. The Hall–Kier alpha value is -3.52. The summed E-state index contributed by atoms with van der Waals surface area (Å²) in [5, 5.41) is 1.07.